The zero-order valence-electron chi connectivity index (χ0n) is 12.3. The van der Waals surface area contributed by atoms with E-state index in [1.807, 2.05) is 0 Å². The number of nitrogens with one attached hydrogen (secondary N) is 1. The molecule has 0 atom stereocenters. The summed E-state index contributed by atoms with van der Waals surface area (Å²) < 4.78 is 18.7. The number of ether oxygens (including phenoxy) is 1. The molecule has 1 fully saturated rings. The van der Waals surface area contributed by atoms with Crippen LogP contribution in [0.2, 0.25) is 0 Å². The summed E-state index contributed by atoms with van der Waals surface area (Å²) in [5.41, 5.74) is -0.900. The van der Waals surface area contributed by atoms with Crippen LogP contribution in [0.1, 0.15) is 48.9 Å². The van der Waals surface area contributed by atoms with E-state index in [0.29, 0.717) is 18.6 Å². The molecule has 0 aliphatic heterocycles. The van der Waals surface area contributed by atoms with Gasteiger partial charge >= 0.3 is 0 Å². The van der Waals surface area contributed by atoms with Crippen LogP contribution >= 0.6 is 0 Å². The summed E-state index contributed by atoms with van der Waals surface area (Å²) in [4.78, 5) is 12.0. The summed E-state index contributed by atoms with van der Waals surface area (Å²) in [6, 6.07) is 4.11. The van der Waals surface area contributed by atoms with E-state index in [1.54, 1.807) is 6.07 Å². The molecule has 1 amide bonds. The Hall–Kier alpha value is -1.62. The van der Waals surface area contributed by atoms with Crippen molar-refractivity contribution in [3.8, 4) is 5.75 Å². The first-order valence-corrected chi connectivity index (χ1v) is 7.38. The largest absolute Gasteiger partial charge is 0.497 e. The number of halogens is 1. The van der Waals surface area contributed by atoms with Crippen LogP contribution in [0.5, 0.6) is 5.75 Å². The molecule has 1 aliphatic rings. The van der Waals surface area contributed by atoms with E-state index in [9.17, 15) is 14.3 Å². The lowest BCUT2D eigenvalue weighted by Crippen LogP contribution is -2.42. The average molecular weight is 295 g/mol. The van der Waals surface area contributed by atoms with Crippen LogP contribution in [-0.4, -0.2) is 30.3 Å². The van der Waals surface area contributed by atoms with Gasteiger partial charge in [-0.2, -0.15) is 0 Å². The van der Waals surface area contributed by atoms with Crippen LogP contribution in [0, 0.1) is 5.82 Å². The van der Waals surface area contributed by atoms with Gasteiger partial charge < -0.3 is 15.2 Å². The number of rotatable bonds is 4. The van der Waals surface area contributed by atoms with Crippen molar-refractivity contribution in [3.63, 3.8) is 0 Å². The summed E-state index contributed by atoms with van der Waals surface area (Å²) in [7, 11) is 1.44. The maximum Gasteiger partial charge on any atom is 0.254 e. The Bertz CT molecular complexity index is 496. The second-order valence-corrected chi connectivity index (χ2v) is 5.67. The van der Waals surface area contributed by atoms with E-state index in [-0.39, 0.29) is 12.1 Å². The van der Waals surface area contributed by atoms with E-state index in [0.717, 1.165) is 25.7 Å². The number of aliphatic hydroxyl groups is 1. The van der Waals surface area contributed by atoms with Crippen molar-refractivity contribution < 1.29 is 19.0 Å². The highest BCUT2D eigenvalue weighted by molar-refractivity contribution is 5.94. The minimum atomic E-state index is -0.866. The van der Waals surface area contributed by atoms with Gasteiger partial charge in [0, 0.05) is 12.6 Å². The van der Waals surface area contributed by atoms with Gasteiger partial charge in [-0.25, -0.2) is 4.39 Å². The molecule has 4 nitrogen and oxygen atoms in total. The van der Waals surface area contributed by atoms with Gasteiger partial charge in [0.05, 0.1) is 18.3 Å². The fourth-order valence-electron chi connectivity index (χ4n) is 2.71. The molecule has 1 saturated carbocycles. The molecule has 1 aromatic rings. The van der Waals surface area contributed by atoms with Crippen molar-refractivity contribution in [3.05, 3.63) is 29.6 Å². The first-order valence-electron chi connectivity index (χ1n) is 7.38. The molecule has 5 heteroatoms. The Kier molecular flexibility index (Phi) is 5.17. The molecule has 21 heavy (non-hydrogen) atoms. The Balaban J connectivity index is 1.98. The number of carbonyl (C=O) groups is 1. The summed E-state index contributed by atoms with van der Waals surface area (Å²) in [5, 5.41) is 13.1. The molecular weight excluding hydrogens is 273 g/mol. The third kappa shape index (κ3) is 4.17. The number of hydrogen-bond acceptors (Lipinski definition) is 3. The van der Waals surface area contributed by atoms with Crippen molar-refractivity contribution in [1.29, 1.82) is 0 Å². The Labute approximate surface area is 124 Å². The number of methoxy groups -OCH3 is 1. The Morgan fingerprint density at radius 1 is 1.33 bits per heavy atom. The standard InChI is InChI=1S/C16H22FNO3/c1-21-12-6-7-13(14(17)10-12)15(19)18-11-16(20)8-4-2-3-5-9-16/h6-7,10,20H,2-5,8-9,11H2,1H3,(H,18,19). The third-order valence-electron chi connectivity index (χ3n) is 4.03. The second-order valence-electron chi connectivity index (χ2n) is 5.67. The van der Waals surface area contributed by atoms with Gasteiger partial charge in [0.1, 0.15) is 11.6 Å². The molecule has 0 heterocycles. The van der Waals surface area contributed by atoms with Crippen LogP contribution in [0.25, 0.3) is 0 Å². The van der Waals surface area contributed by atoms with E-state index in [1.165, 1.54) is 19.2 Å². The zero-order chi connectivity index (χ0) is 15.3. The predicted molar refractivity (Wildman–Crippen MR) is 77.9 cm³/mol. The highest BCUT2D eigenvalue weighted by atomic mass is 19.1. The van der Waals surface area contributed by atoms with Crippen LogP contribution in [0.15, 0.2) is 18.2 Å². The molecule has 0 spiro atoms. The second kappa shape index (κ2) is 6.89. The molecule has 0 bridgehead atoms. The lowest BCUT2D eigenvalue weighted by molar-refractivity contribution is 0.0246. The molecule has 2 rings (SSSR count). The van der Waals surface area contributed by atoms with E-state index >= 15 is 0 Å². The predicted octanol–water partition coefficient (Wildman–Crippen LogP) is 2.65. The summed E-state index contributed by atoms with van der Waals surface area (Å²) in [6.07, 6.45) is 5.51. The van der Waals surface area contributed by atoms with Gasteiger partial charge in [0.25, 0.3) is 5.91 Å². The molecule has 1 aromatic carbocycles. The summed E-state index contributed by atoms with van der Waals surface area (Å²) >= 11 is 0. The van der Waals surface area contributed by atoms with E-state index < -0.39 is 17.3 Å². The van der Waals surface area contributed by atoms with Crippen molar-refractivity contribution in [2.24, 2.45) is 0 Å². The average Bonchev–Trinajstić information content (AvgIpc) is 2.70. The quantitative estimate of drug-likeness (QED) is 0.840. The molecule has 0 saturated heterocycles. The number of carbonyl (C=O) groups excluding carboxylic acids is 1. The maximum atomic E-state index is 13.8. The van der Waals surface area contributed by atoms with Gasteiger partial charge in [-0.15, -0.1) is 0 Å². The minimum absolute atomic E-state index is 0.0342. The summed E-state index contributed by atoms with van der Waals surface area (Å²) in [6.45, 7) is 0.164. The van der Waals surface area contributed by atoms with Crippen molar-refractivity contribution >= 4 is 5.91 Å². The zero-order valence-corrected chi connectivity index (χ0v) is 12.3. The van der Waals surface area contributed by atoms with Gasteiger partial charge in [-0.1, -0.05) is 25.7 Å². The van der Waals surface area contributed by atoms with Gasteiger partial charge in [0.2, 0.25) is 0 Å². The first-order chi connectivity index (χ1) is 10.0. The monoisotopic (exact) mass is 295 g/mol. The van der Waals surface area contributed by atoms with Gasteiger partial charge in [-0.05, 0) is 25.0 Å². The molecule has 116 valence electrons. The molecule has 2 N–H and O–H groups in total. The molecule has 0 aromatic heterocycles. The molecular formula is C16H22FNO3. The fourth-order valence-corrected chi connectivity index (χ4v) is 2.71. The lowest BCUT2D eigenvalue weighted by atomic mass is 9.94. The Morgan fingerprint density at radius 2 is 2.00 bits per heavy atom. The topological polar surface area (TPSA) is 58.6 Å². The fraction of sp³-hybridized carbons (Fsp3) is 0.562. The van der Waals surface area contributed by atoms with Crippen LogP contribution < -0.4 is 10.1 Å². The van der Waals surface area contributed by atoms with E-state index in [4.69, 9.17) is 4.74 Å². The van der Waals surface area contributed by atoms with Crippen molar-refractivity contribution in [1.82, 2.24) is 5.32 Å². The normalized spacial score (nSPS) is 17.9. The van der Waals surface area contributed by atoms with Crippen molar-refractivity contribution in [2.75, 3.05) is 13.7 Å². The number of benzene rings is 1. The highest BCUT2D eigenvalue weighted by Gasteiger charge is 2.28. The van der Waals surface area contributed by atoms with Crippen LogP contribution in [-0.2, 0) is 0 Å². The van der Waals surface area contributed by atoms with Gasteiger partial charge in [-0.3, -0.25) is 4.79 Å². The van der Waals surface area contributed by atoms with Crippen molar-refractivity contribution in [2.45, 2.75) is 44.1 Å². The molecule has 0 radical (unpaired) electrons. The number of hydrogen-bond donors (Lipinski definition) is 2. The van der Waals surface area contributed by atoms with Crippen LogP contribution in [0.4, 0.5) is 4.39 Å². The number of amides is 1. The smallest absolute Gasteiger partial charge is 0.254 e. The van der Waals surface area contributed by atoms with Gasteiger partial charge in [0.15, 0.2) is 0 Å². The third-order valence-corrected chi connectivity index (χ3v) is 4.03. The molecule has 1 aliphatic carbocycles. The SMILES string of the molecule is COc1ccc(C(=O)NCC2(O)CCCCCC2)c(F)c1. The first kappa shape index (κ1) is 15.8. The molecule has 0 unspecified atom stereocenters. The highest BCUT2D eigenvalue weighted by Crippen LogP contribution is 2.26. The van der Waals surface area contributed by atoms with Crippen LogP contribution in [0.3, 0.4) is 0 Å². The lowest BCUT2D eigenvalue weighted by Gasteiger charge is -2.26. The maximum absolute atomic E-state index is 13.8. The summed E-state index contributed by atoms with van der Waals surface area (Å²) in [5.74, 6) is -0.765. The minimum Gasteiger partial charge on any atom is -0.497 e. The Morgan fingerprint density at radius 3 is 2.57 bits per heavy atom. The van der Waals surface area contributed by atoms with E-state index in [2.05, 4.69) is 5.32 Å².